The summed E-state index contributed by atoms with van der Waals surface area (Å²) in [7, 11) is 0. The fourth-order valence-electron chi connectivity index (χ4n) is 2.20. The van der Waals surface area contributed by atoms with Crippen LogP contribution in [-0.2, 0) is 17.8 Å². The molecule has 0 aliphatic heterocycles. The summed E-state index contributed by atoms with van der Waals surface area (Å²) in [5.74, 6) is 0.882. The molecule has 0 fully saturated rings. The molecule has 1 amide bonds. The fraction of sp³-hybridized carbons (Fsp3) is 0.211. The second kappa shape index (κ2) is 9.43. The molecule has 0 spiro atoms. The van der Waals surface area contributed by atoms with Gasteiger partial charge in [-0.3, -0.25) is 4.79 Å². The number of ether oxygens (including phenoxy) is 1. The Morgan fingerprint density at radius 1 is 1.19 bits per heavy atom. The molecule has 0 unspecified atom stereocenters. The van der Waals surface area contributed by atoms with Crippen LogP contribution in [0.4, 0.5) is 5.69 Å². The molecule has 3 aromatic rings. The van der Waals surface area contributed by atoms with Gasteiger partial charge in [0.25, 0.3) is 11.1 Å². The number of anilines is 1. The molecule has 0 bridgehead atoms. The molecule has 2 aromatic carbocycles. The molecule has 0 aliphatic rings. The third-order valence-electron chi connectivity index (χ3n) is 3.61. The normalized spacial score (nSPS) is 10.6. The number of rotatable bonds is 8. The number of thioether (sulfide) groups is 1. The number of hydrogen-bond donors (Lipinski definition) is 1. The van der Waals surface area contributed by atoms with Crippen LogP contribution in [0.3, 0.4) is 0 Å². The zero-order valence-electron chi connectivity index (χ0n) is 14.6. The summed E-state index contributed by atoms with van der Waals surface area (Å²) in [6.07, 6.45) is 0.962. The van der Waals surface area contributed by atoms with Crippen LogP contribution in [0.2, 0.25) is 5.02 Å². The number of amides is 1. The maximum atomic E-state index is 12.0. The Bertz CT molecular complexity index is 899. The lowest BCUT2D eigenvalue weighted by atomic mass is 10.1. The van der Waals surface area contributed by atoms with Crippen LogP contribution in [0.15, 0.2) is 58.2 Å². The van der Waals surface area contributed by atoms with E-state index in [1.807, 2.05) is 36.4 Å². The second-order valence-electron chi connectivity index (χ2n) is 5.57. The Kier molecular flexibility index (Phi) is 6.73. The maximum absolute atomic E-state index is 12.0. The molecule has 1 N–H and O–H groups in total. The number of nitrogens with zero attached hydrogens (tertiary/aromatic N) is 2. The zero-order chi connectivity index (χ0) is 19.1. The van der Waals surface area contributed by atoms with Crippen LogP contribution in [0.5, 0.6) is 5.75 Å². The minimum atomic E-state index is -0.142. The van der Waals surface area contributed by atoms with Gasteiger partial charge in [-0.25, -0.2) is 0 Å². The number of aryl methyl sites for hydroxylation is 1. The predicted octanol–water partition coefficient (Wildman–Crippen LogP) is 4.60. The lowest BCUT2D eigenvalue weighted by Gasteiger charge is -2.05. The molecular formula is C19H18ClN3O3S. The highest BCUT2D eigenvalue weighted by Crippen LogP contribution is 2.24. The van der Waals surface area contributed by atoms with E-state index in [9.17, 15) is 4.79 Å². The fourth-order valence-corrected chi connectivity index (χ4v) is 2.97. The molecular weight excluding hydrogens is 386 g/mol. The van der Waals surface area contributed by atoms with E-state index in [0.29, 0.717) is 21.9 Å². The van der Waals surface area contributed by atoms with Gasteiger partial charge in [0.05, 0.1) is 10.8 Å². The number of carbonyl (C=O) groups is 1. The molecule has 0 saturated heterocycles. The van der Waals surface area contributed by atoms with Crippen LogP contribution < -0.4 is 10.1 Å². The van der Waals surface area contributed by atoms with E-state index >= 15 is 0 Å². The molecule has 6 nitrogen and oxygen atoms in total. The second-order valence-corrected chi connectivity index (χ2v) is 6.90. The number of aromatic nitrogens is 2. The van der Waals surface area contributed by atoms with Crippen molar-refractivity contribution < 1.29 is 13.9 Å². The predicted molar refractivity (Wildman–Crippen MR) is 105 cm³/mol. The Hall–Kier alpha value is -2.51. The van der Waals surface area contributed by atoms with Gasteiger partial charge in [0.1, 0.15) is 5.75 Å². The number of benzene rings is 2. The highest BCUT2D eigenvalue weighted by atomic mass is 35.5. The summed E-state index contributed by atoms with van der Waals surface area (Å²) in [5, 5.41) is 11.5. The first-order valence-electron chi connectivity index (χ1n) is 8.35. The van der Waals surface area contributed by atoms with Crippen molar-refractivity contribution in [2.24, 2.45) is 0 Å². The summed E-state index contributed by atoms with van der Waals surface area (Å²) < 4.78 is 11.0. The van der Waals surface area contributed by atoms with Gasteiger partial charge in [0.15, 0.2) is 6.61 Å². The molecule has 8 heteroatoms. The van der Waals surface area contributed by atoms with Crippen LogP contribution >= 0.6 is 23.4 Å². The molecule has 0 atom stereocenters. The Balaban J connectivity index is 1.46. The standard InChI is InChI=1S/C19H18ClN3O3S/c1-2-13-7-9-14(10-8-13)21-17(24)12-27-19-23-22-18(26-19)11-25-16-6-4-3-5-15(16)20/h3-10H,2,11-12H2,1H3,(H,21,24). The molecule has 0 radical (unpaired) electrons. The summed E-state index contributed by atoms with van der Waals surface area (Å²) in [4.78, 5) is 12.0. The van der Waals surface area contributed by atoms with E-state index in [-0.39, 0.29) is 18.3 Å². The average molecular weight is 404 g/mol. The molecule has 140 valence electrons. The Labute approximate surface area is 166 Å². The van der Waals surface area contributed by atoms with E-state index in [4.69, 9.17) is 20.8 Å². The van der Waals surface area contributed by atoms with E-state index < -0.39 is 0 Å². The van der Waals surface area contributed by atoms with Crippen LogP contribution in [0.1, 0.15) is 18.4 Å². The van der Waals surface area contributed by atoms with Crippen LogP contribution in [0.25, 0.3) is 0 Å². The van der Waals surface area contributed by atoms with Crippen molar-refractivity contribution in [1.29, 1.82) is 0 Å². The first-order valence-corrected chi connectivity index (χ1v) is 9.71. The quantitative estimate of drug-likeness (QED) is 0.554. The van der Waals surface area contributed by atoms with E-state index in [1.54, 1.807) is 12.1 Å². The molecule has 0 aliphatic carbocycles. The van der Waals surface area contributed by atoms with Crippen molar-refractivity contribution in [3.8, 4) is 5.75 Å². The first kappa shape index (κ1) is 19.3. The molecule has 1 heterocycles. The number of halogens is 1. The monoisotopic (exact) mass is 403 g/mol. The molecule has 0 saturated carbocycles. The summed E-state index contributed by atoms with van der Waals surface area (Å²) >= 11 is 7.19. The lowest BCUT2D eigenvalue weighted by molar-refractivity contribution is -0.113. The van der Waals surface area contributed by atoms with Gasteiger partial charge < -0.3 is 14.5 Å². The van der Waals surface area contributed by atoms with Gasteiger partial charge >= 0.3 is 0 Å². The first-order chi connectivity index (χ1) is 13.1. The highest BCUT2D eigenvalue weighted by Gasteiger charge is 2.11. The molecule has 27 heavy (non-hydrogen) atoms. The smallest absolute Gasteiger partial charge is 0.277 e. The van der Waals surface area contributed by atoms with Crippen molar-refractivity contribution in [3.05, 3.63) is 65.0 Å². The van der Waals surface area contributed by atoms with Crippen molar-refractivity contribution in [2.45, 2.75) is 25.2 Å². The largest absolute Gasteiger partial charge is 0.482 e. The van der Waals surface area contributed by atoms with Crippen LogP contribution in [-0.4, -0.2) is 21.9 Å². The number of nitrogens with one attached hydrogen (secondary N) is 1. The molecule has 3 rings (SSSR count). The van der Waals surface area contributed by atoms with Gasteiger partial charge in [-0.2, -0.15) is 0 Å². The van der Waals surface area contributed by atoms with E-state index in [2.05, 4.69) is 22.4 Å². The highest BCUT2D eigenvalue weighted by molar-refractivity contribution is 7.99. The number of carbonyl (C=O) groups excluding carboxylic acids is 1. The average Bonchev–Trinajstić information content (AvgIpc) is 3.14. The van der Waals surface area contributed by atoms with E-state index in [1.165, 1.54) is 17.3 Å². The zero-order valence-corrected chi connectivity index (χ0v) is 16.2. The van der Waals surface area contributed by atoms with Gasteiger partial charge in [0, 0.05) is 5.69 Å². The Morgan fingerprint density at radius 3 is 2.70 bits per heavy atom. The van der Waals surface area contributed by atoms with Gasteiger partial charge in [0.2, 0.25) is 5.91 Å². The Morgan fingerprint density at radius 2 is 1.96 bits per heavy atom. The number of hydrogen-bond acceptors (Lipinski definition) is 6. The third kappa shape index (κ3) is 5.74. The van der Waals surface area contributed by atoms with Gasteiger partial charge in [-0.05, 0) is 36.2 Å². The van der Waals surface area contributed by atoms with Gasteiger partial charge in [-0.15, -0.1) is 10.2 Å². The third-order valence-corrected chi connectivity index (χ3v) is 4.74. The lowest BCUT2D eigenvalue weighted by Crippen LogP contribution is -2.13. The topological polar surface area (TPSA) is 77.2 Å². The molecule has 1 aromatic heterocycles. The van der Waals surface area contributed by atoms with Crippen molar-refractivity contribution >= 4 is 35.0 Å². The van der Waals surface area contributed by atoms with Crippen molar-refractivity contribution in [1.82, 2.24) is 10.2 Å². The van der Waals surface area contributed by atoms with Gasteiger partial charge in [-0.1, -0.05) is 54.6 Å². The minimum Gasteiger partial charge on any atom is -0.482 e. The summed E-state index contributed by atoms with van der Waals surface area (Å²) in [5.41, 5.74) is 1.98. The SMILES string of the molecule is CCc1ccc(NC(=O)CSc2nnc(COc3ccccc3Cl)o2)cc1. The summed E-state index contributed by atoms with van der Waals surface area (Å²) in [6.45, 7) is 2.19. The summed E-state index contributed by atoms with van der Waals surface area (Å²) in [6, 6.07) is 14.9. The minimum absolute atomic E-state index is 0.104. The van der Waals surface area contributed by atoms with E-state index in [0.717, 1.165) is 12.1 Å². The number of para-hydroxylation sites is 1. The van der Waals surface area contributed by atoms with Crippen molar-refractivity contribution in [2.75, 3.05) is 11.1 Å². The van der Waals surface area contributed by atoms with Crippen LogP contribution in [0, 0.1) is 0 Å². The maximum Gasteiger partial charge on any atom is 0.277 e. The van der Waals surface area contributed by atoms with Crippen molar-refractivity contribution in [3.63, 3.8) is 0 Å².